The van der Waals surface area contributed by atoms with Crippen molar-refractivity contribution in [1.29, 1.82) is 0 Å². The molecule has 0 bridgehead atoms. The molecule has 3 rings (SSSR count). The van der Waals surface area contributed by atoms with E-state index in [0.717, 1.165) is 11.3 Å². The van der Waals surface area contributed by atoms with Gasteiger partial charge < -0.3 is 14.2 Å². The van der Waals surface area contributed by atoms with E-state index in [2.05, 4.69) is 0 Å². The fraction of sp³-hybridized carbons (Fsp3) is 0.200. The minimum atomic E-state index is -1.32. The number of fused-ring (bicyclic) bond motifs is 3. The number of carboxylic acids is 1. The van der Waals surface area contributed by atoms with Crippen molar-refractivity contribution in [3.05, 3.63) is 44.8 Å². The van der Waals surface area contributed by atoms with Crippen molar-refractivity contribution in [2.75, 3.05) is 6.61 Å². The van der Waals surface area contributed by atoms with Crippen LogP contribution in [0.1, 0.15) is 22.8 Å². The SMILES string of the molecule is CCOc1cc2c(c(C)c1F)c(=O)c(C(=O)O)c1sccn12. The molecule has 22 heavy (non-hydrogen) atoms. The fourth-order valence-corrected chi connectivity index (χ4v) is 3.43. The van der Waals surface area contributed by atoms with Gasteiger partial charge in [0.25, 0.3) is 0 Å². The first-order valence-electron chi connectivity index (χ1n) is 6.58. The second-order valence-electron chi connectivity index (χ2n) is 4.73. The highest BCUT2D eigenvalue weighted by atomic mass is 32.1. The van der Waals surface area contributed by atoms with E-state index in [1.165, 1.54) is 13.0 Å². The molecular weight excluding hydrogens is 309 g/mol. The Kier molecular flexibility index (Phi) is 3.37. The first-order valence-corrected chi connectivity index (χ1v) is 7.46. The van der Waals surface area contributed by atoms with Crippen molar-refractivity contribution in [2.45, 2.75) is 13.8 Å². The number of nitrogens with zero attached hydrogens (tertiary/aromatic N) is 1. The lowest BCUT2D eigenvalue weighted by molar-refractivity contribution is 0.0697. The molecule has 114 valence electrons. The van der Waals surface area contributed by atoms with E-state index in [4.69, 9.17) is 4.74 Å². The van der Waals surface area contributed by atoms with Gasteiger partial charge >= 0.3 is 5.97 Å². The number of hydrogen-bond acceptors (Lipinski definition) is 4. The molecule has 2 aromatic heterocycles. The number of halogens is 1. The van der Waals surface area contributed by atoms with Crippen molar-refractivity contribution >= 4 is 33.0 Å². The van der Waals surface area contributed by atoms with Crippen molar-refractivity contribution < 1.29 is 19.0 Å². The van der Waals surface area contributed by atoms with Gasteiger partial charge in [0.05, 0.1) is 17.5 Å². The number of aromatic carboxylic acids is 1. The minimum absolute atomic E-state index is 0.0509. The Morgan fingerprint density at radius 1 is 1.50 bits per heavy atom. The maximum atomic E-state index is 14.3. The highest BCUT2D eigenvalue weighted by Gasteiger charge is 2.23. The van der Waals surface area contributed by atoms with Crippen LogP contribution in [0.3, 0.4) is 0 Å². The Labute approximate surface area is 128 Å². The average molecular weight is 321 g/mol. The van der Waals surface area contributed by atoms with E-state index in [1.807, 2.05) is 0 Å². The second kappa shape index (κ2) is 5.10. The molecule has 1 aromatic carbocycles. The third kappa shape index (κ3) is 1.89. The number of aromatic nitrogens is 1. The van der Waals surface area contributed by atoms with Crippen LogP contribution in [0.5, 0.6) is 5.75 Å². The Morgan fingerprint density at radius 2 is 2.23 bits per heavy atom. The first kappa shape index (κ1) is 14.5. The van der Waals surface area contributed by atoms with Gasteiger partial charge in [0.2, 0.25) is 5.43 Å². The van der Waals surface area contributed by atoms with Crippen LogP contribution in [0.15, 0.2) is 22.4 Å². The quantitative estimate of drug-likeness (QED) is 0.805. The van der Waals surface area contributed by atoms with E-state index >= 15 is 0 Å². The van der Waals surface area contributed by atoms with Gasteiger partial charge in [-0.2, -0.15) is 0 Å². The number of rotatable bonds is 3. The summed E-state index contributed by atoms with van der Waals surface area (Å²) >= 11 is 1.15. The molecule has 0 fully saturated rings. The van der Waals surface area contributed by atoms with Crippen LogP contribution < -0.4 is 10.2 Å². The van der Waals surface area contributed by atoms with Crippen LogP contribution in [0, 0.1) is 12.7 Å². The molecule has 0 saturated heterocycles. The summed E-state index contributed by atoms with van der Waals surface area (Å²) in [5, 5.41) is 11.1. The van der Waals surface area contributed by atoms with Crippen LogP contribution in [0.2, 0.25) is 0 Å². The zero-order valence-corrected chi connectivity index (χ0v) is 12.7. The third-order valence-electron chi connectivity index (χ3n) is 3.49. The molecule has 7 heteroatoms. The molecule has 0 aliphatic rings. The van der Waals surface area contributed by atoms with E-state index in [1.54, 1.807) is 22.9 Å². The standard InChI is InChI=1S/C15H12FNO4S/c1-3-21-9-6-8-10(7(2)12(9)16)13(18)11(15(19)20)14-17(8)4-5-22-14/h4-6H,3H2,1-2H3,(H,19,20). The summed E-state index contributed by atoms with van der Waals surface area (Å²) in [7, 11) is 0. The maximum absolute atomic E-state index is 14.3. The van der Waals surface area contributed by atoms with Crippen molar-refractivity contribution in [3.63, 3.8) is 0 Å². The molecule has 0 amide bonds. The molecule has 2 heterocycles. The summed E-state index contributed by atoms with van der Waals surface area (Å²) in [5.41, 5.74) is -0.485. The van der Waals surface area contributed by atoms with Crippen molar-refractivity contribution in [1.82, 2.24) is 4.40 Å². The molecule has 0 spiro atoms. The number of carbonyl (C=O) groups is 1. The van der Waals surface area contributed by atoms with E-state index in [-0.39, 0.29) is 28.9 Å². The molecule has 0 aliphatic heterocycles. The second-order valence-corrected chi connectivity index (χ2v) is 5.62. The average Bonchev–Trinajstić information content (AvgIpc) is 2.92. The van der Waals surface area contributed by atoms with Crippen LogP contribution >= 0.6 is 11.3 Å². The van der Waals surface area contributed by atoms with E-state index in [9.17, 15) is 19.1 Å². The maximum Gasteiger partial charge on any atom is 0.342 e. The number of benzene rings is 1. The molecule has 1 N–H and O–H groups in total. The molecule has 0 atom stereocenters. The smallest absolute Gasteiger partial charge is 0.342 e. The summed E-state index contributed by atoms with van der Waals surface area (Å²) in [6.45, 7) is 3.47. The number of thiazole rings is 1. The highest BCUT2D eigenvalue weighted by Crippen LogP contribution is 2.30. The van der Waals surface area contributed by atoms with Crippen LogP contribution in [-0.2, 0) is 0 Å². The Hall–Kier alpha value is -2.41. The summed E-state index contributed by atoms with van der Waals surface area (Å²) in [4.78, 5) is 24.3. The van der Waals surface area contributed by atoms with Crippen LogP contribution in [0.4, 0.5) is 4.39 Å². The largest absolute Gasteiger partial charge is 0.491 e. The van der Waals surface area contributed by atoms with Gasteiger partial charge in [0.1, 0.15) is 10.4 Å². The summed E-state index contributed by atoms with van der Waals surface area (Å²) < 4.78 is 21.2. The lowest BCUT2D eigenvalue weighted by Gasteiger charge is -2.12. The van der Waals surface area contributed by atoms with Crippen molar-refractivity contribution in [2.24, 2.45) is 0 Å². The lowest BCUT2D eigenvalue weighted by Crippen LogP contribution is -2.18. The predicted molar refractivity (Wildman–Crippen MR) is 81.9 cm³/mol. The summed E-state index contributed by atoms with van der Waals surface area (Å²) in [6.07, 6.45) is 1.65. The van der Waals surface area contributed by atoms with Crippen molar-refractivity contribution in [3.8, 4) is 5.75 Å². The molecule has 0 radical (unpaired) electrons. The summed E-state index contributed by atoms with van der Waals surface area (Å²) in [6, 6.07) is 1.44. The van der Waals surface area contributed by atoms with Gasteiger partial charge in [-0.25, -0.2) is 9.18 Å². The highest BCUT2D eigenvalue weighted by molar-refractivity contribution is 7.16. The predicted octanol–water partition coefficient (Wildman–Crippen LogP) is 3.06. The summed E-state index contributed by atoms with van der Waals surface area (Å²) in [5.74, 6) is -1.91. The third-order valence-corrected chi connectivity index (χ3v) is 4.38. The van der Waals surface area contributed by atoms with Gasteiger partial charge in [-0.3, -0.25) is 4.79 Å². The Bertz CT molecular complexity index is 973. The molecule has 0 saturated carbocycles. The van der Waals surface area contributed by atoms with Gasteiger partial charge in [-0.15, -0.1) is 11.3 Å². The van der Waals surface area contributed by atoms with Gasteiger partial charge in [0.15, 0.2) is 11.6 Å². The number of pyridine rings is 1. The van der Waals surface area contributed by atoms with E-state index < -0.39 is 17.2 Å². The van der Waals surface area contributed by atoms with Gasteiger partial charge in [0, 0.05) is 23.2 Å². The Balaban J connectivity index is 2.60. The monoisotopic (exact) mass is 321 g/mol. The number of carboxylic acid groups (broad SMARTS) is 1. The first-order chi connectivity index (χ1) is 10.5. The molecule has 0 unspecified atom stereocenters. The molecule has 3 aromatic rings. The number of hydrogen-bond donors (Lipinski definition) is 1. The fourth-order valence-electron chi connectivity index (χ4n) is 2.54. The minimum Gasteiger partial charge on any atom is -0.491 e. The zero-order valence-electron chi connectivity index (χ0n) is 11.8. The molecule has 0 aliphatic carbocycles. The normalized spacial score (nSPS) is 11.2. The van der Waals surface area contributed by atoms with Gasteiger partial charge in [-0.05, 0) is 13.8 Å². The lowest BCUT2D eigenvalue weighted by atomic mass is 10.1. The topological polar surface area (TPSA) is 68.0 Å². The molecular formula is C15H12FNO4S. The number of ether oxygens (including phenoxy) is 1. The molecule has 5 nitrogen and oxygen atoms in total. The van der Waals surface area contributed by atoms with Crippen LogP contribution in [-0.4, -0.2) is 22.1 Å². The van der Waals surface area contributed by atoms with Crippen LogP contribution in [0.25, 0.3) is 15.7 Å². The zero-order chi connectivity index (χ0) is 16.0. The van der Waals surface area contributed by atoms with E-state index in [0.29, 0.717) is 10.3 Å². The number of aryl methyl sites for hydroxylation is 1. The Morgan fingerprint density at radius 3 is 2.86 bits per heavy atom. The van der Waals surface area contributed by atoms with Gasteiger partial charge in [-0.1, -0.05) is 0 Å².